The van der Waals surface area contributed by atoms with Crippen LogP contribution in [-0.4, -0.2) is 5.67 Å². The van der Waals surface area contributed by atoms with E-state index < -0.39 is 5.67 Å². The Morgan fingerprint density at radius 3 is 2.07 bits per heavy atom. The van der Waals surface area contributed by atoms with Gasteiger partial charge in [0.1, 0.15) is 0 Å². The van der Waals surface area contributed by atoms with Crippen molar-refractivity contribution in [3.63, 3.8) is 0 Å². The first-order chi connectivity index (χ1) is 6.43. The molecule has 0 aromatic rings. The van der Waals surface area contributed by atoms with Crippen molar-refractivity contribution in [3.8, 4) is 11.8 Å². The van der Waals surface area contributed by atoms with Gasteiger partial charge in [-0.2, -0.15) is 0 Å². The van der Waals surface area contributed by atoms with Gasteiger partial charge in [-0.15, -0.1) is 0 Å². The van der Waals surface area contributed by atoms with E-state index >= 15 is 0 Å². The average molecular weight is 194 g/mol. The van der Waals surface area contributed by atoms with Gasteiger partial charge in [0, 0.05) is 17.3 Å². The van der Waals surface area contributed by atoms with Crippen LogP contribution in [0.25, 0.3) is 0 Å². The van der Waals surface area contributed by atoms with E-state index in [9.17, 15) is 4.39 Å². The van der Waals surface area contributed by atoms with Crippen LogP contribution in [0.1, 0.15) is 46.5 Å². The first-order valence-corrected chi connectivity index (χ1v) is 5.67. The number of hydrogen-bond donors (Lipinski definition) is 0. The lowest BCUT2D eigenvalue weighted by Gasteiger charge is -2.07. The van der Waals surface area contributed by atoms with Gasteiger partial charge >= 0.3 is 0 Å². The predicted molar refractivity (Wildman–Crippen MR) is 56.5 cm³/mol. The Morgan fingerprint density at radius 2 is 1.64 bits per heavy atom. The van der Waals surface area contributed by atoms with E-state index in [-0.39, 0.29) is 17.3 Å². The minimum Gasteiger partial charge on any atom is -0.229 e. The second kappa shape index (κ2) is 2.99. The van der Waals surface area contributed by atoms with Gasteiger partial charge in [0.2, 0.25) is 0 Å². The standard InChI is InChI=1S/C13H19F/c1-12(2,3)8-9-13(14)10-6-4-5-7-11(10)13/h10-11H,4-7H2,1-3H3. The second-order valence-corrected chi connectivity index (χ2v) is 5.77. The first-order valence-electron chi connectivity index (χ1n) is 5.67. The summed E-state index contributed by atoms with van der Waals surface area (Å²) < 4.78 is 14.2. The summed E-state index contributed by atoms with van der Waals surface area (Å²) in [5, 5.41) is 0. The van der Waals surface area contributed by atoms with Gasteiger partial charge in [0.25, 0.3) is 0 Å². The third-order valence-corrected chi connectivity index (χ3v) is 3.37. The zero-order valence-corrected chi connectivity index (χ0v) is 9.36. The van der Waals surface area contributed by atoms with Crippen LogP contribution in [0.3, 0.4) is 0 Å². The van der Waals surface area contributed by atoms with E-state index in [1.807, 2.05) is 20.8 Å². The quantitative estimate of drug-likeness (QED) is 0.517. The Morgan fingerprint density at radius 1 is 1.14 bits per heavy atom. The van der Waals surface area contributed by atoms with Crippen molar-refractivity contribution in [3.05, 3.63) is 0 Å². The third-order valence-electron chi connectivity index (χ3n) is 3.37. The highest BCUT2D eigenvalue weighted by Crippen LogP contribution is 2.60. The summed E-state index contributed by atoms with van der Waals surface area (Å²) in [6, 6.07) is 0. The largest absolute Gasteiger partial charge is 0.229 e. The van der Waals surface area contributed by atoms with Crippen molar-refractivity contribution in [1.82, 2.24) is 0 Å². The van der Waals surface area contributed by atoms with Crippen molar-refractivity contribution in [2.75, 3.05) is 0 Å². The van der Waals surface area contributed by atoms with E-state index in [0.717, 1.165) is 12.8 Å². The molecule has 0 nitrogen and oxygen atoms in total. The van der Waals surface area contributed by atoms with E-state index in [1.54, 1.807) is 0 Å². The van der Waals surface area contributed by atoms with Crippen LogP contribution in [0.4, 0.5) is 4.39 Å². The maximum atomic E-state index is 14.2. The van der Waals surface area contributed by atoms with Gasteiger partial charge in [-0.05, 0) is 33.6 Å². The van der Waals surface area contributed by atoms with Gasteiger partial charge in [-0.3, -0.25) is 0 Å². The average Bonchev–Trinajstić information content (AvgIpc) is 2.71. The summed E-state index contributed by atoms with van der Waals surface area (Å²) in [7, 11) is 0. The van der Waals surface area contributed by atoms with Crippen molar-refractivity contribution >= 4 is 0 Å². The van der Waals surface area contributed by atoms with Crippen LogP contribution >= 0.6 is 0 Å². The van der Waals surface area contributed by atoms with Crippen LogP contribution in [0.2, 0.25) is 0 Å². The van der Waals surface area contributed by atoms with Crippen molar-refractivity contribution in [1.29, 1.82) is 0 Å². The third kappa shape index (κ3) is 1.67. The number of alkyl halides is 1. The normalized spacial score (nSPS) is 40.9. The molecular formula is C13H19F. The number of hydrogen-bond acceptors (Lipinski definition) is 0. The van der Waals surface area contributed by atoms with Gasteiger partial charge < -0.3 is 0 Å². The highest BCUT2D eigenvalue weighted by Gasteiger charge is 2.65. The lowest BCUT2D eigenvalue weighted by Crippen LogP contribution is -2.06. The fraction of sp³-hybridized carbons (Fsp3) is 0.846. The van der Waals surface area contributed by atoms with E-state index in [4.69, 9.17) is 0 Å². The summed E-state index contributed by atoms with van der Waals surface area (Å²) in [5.41, 5.74) is -1.17. The van der Waals surface area contributed by atoms with Crippen LogP contribution in [-0.2, 0) is 0 Å². The molecule has 0 radical (unpaired) electrons. The molecule has 14 heavy (non-hydrogen) atoms. The topological polar surface area (TPSA) is 0 Å². The molecule has 2 unspecified atom stereocenters. The highest BCUT2D eigenvalue weighted by atomic mass is 19.1. The van der Waals surface area contributed by atoms with Crippen molar-refractivity contribution in [2.45, 2.75) is 52.1 Å². The van der Waals surface area contributed by atoms with Crippen molar-refractivity contribution in [2.24, 2.45) is 17.3 Å². The molecule has 0 aromatic heterocycles. The molecular weight excluding hydrogens is 175 g/mol. The fourth-order valence-corrected chi connectivity index (χ4v) is 2.52. The maximum absolute atomic E-state index is 14.2. The zero-order valence-electron chi connectivity index (χ0n) is 9.36. The summed E-state index contributed by atoms with van der Waals surface area (Å²) in [4.78, 5) is 0. The molecule has 2 fully saturated rings. The number of rotatable bonds is 0. The molecule has 0 aromatic carbocycles. The second-order valence-electron chi connectivity index (χ2n) is 5.77. The molecule has 0 N–H and O–H groups in total. The number of fused-ring (bicyclic) bond motifs is 1. The smallest absolute Gasteiger partial charge is 0.177 e. The molecule has 2 rings (SSSR count). The predicted octanol–water partition coefficient (Wildman–Crippen LogP) is 3.56. The molecule has 2 saturated carbocycles. The Kier molecular flexibility index (Phi) is 2.14. The SMILES string of the molecule is CC(C)(C)C#CC1(F)C2CCCCC21. The minimum absolute atomic E-state index is 0.0646. The van der Waals surface area contributed by atoms with E-state index in [1.165, 1.54) is 12.8 Å². The zero-order chi connectivity index (χ0) is 10.4. The molecule has 0 bridgehead atoms. The molecule has 78 valence electrons. The van der Waals surface area contributed by atoms with Crippen LogP contribution < -0.4 is 0 Å². The van der Waals surface area contributed by atoms with Gasteiger partial charge in [0.05, 0.1) is 0 Å². The number of halogens is 1. The van der Waals surface area contributed by atoms with E-state index in [2.05, 4.69) is 11.8 Å². The summed E-state index contributed by atoms with van der Waals surface area (Å²) >= 11 is 0. The first kappa shape index (κ1) is 10.0. The Bertz CT molecular complexity index is 275. The Labute approximate surface area is 86.3 Å². The minimum atomic E-state index is -1.11. The van der Waals surface area contributed by atoms with Crippen molar-refractivity contribution < 1.29 is 4.39 Å². The van der Waals surface area contributed by atoms with Crippen LogP contribution in [0.5, 0.6) is 0 Å². The van der Waals surface area contributed by atoms with Gasteiger partial charge in [-0.1, -0.05) is 24.7 Å². The molecule has 0 heterocycles. The molecule has 2 aliphatic rings. The summed E-state index contributed by atoms with van der Waals surface area (Å²) in [6.07, 6.45) is 4.51. The Hall–Kier alpha value is -0.510. The van der Waals surface area contributed by atoms with E-state index in [0.29, 0.717) is 0 Å². The Balaban J connectivity index is 2.08. The molecule has 1 heteroatoms. The maximum Gasteiger partial charge on any atom is 0.177 e. The lowest BCUT2D eigenvalue weighted by atomic mass is 9.97. The molecule has 0 aliphatic heterocycles. The molecule has 2 aliphatic carbocycles. The molecule has 0 amide bonds. The summed E-state index contributed by atoms with van der Waals surface area (Å²) in [6.45, 7) is 6.11. The molecule has 0 saturated heterocycles. The summed E-state index contributed by atoms with van der Waals surface area (Å²) in [5.74, 6) is 6.49. The lowest BCUT2D eigenvalue weighted by molar-refractivity contribution is 0.344. The monoisotopic (exact) mass is 194 g/mol. The fourth-order valence-electron chi connectivity index (χ4n) is 2.52. The van der Waals surface area contributed by atoms with Crippen LogP contribution in [0.15, 0.2) is 0 Å². The molecule has 0 spiro atoms. The van der Waals surface area contributed by atoms with Crippen LogP contribution in [0, 0.1) is 29.1 Å². The van der Waals surface area contributed by atoms with Gasteiger partial charge in [0.15, 0.2) is 5.67 Å². The van der Waals surface area contributed by atoms with Gasteiger partial charge in [-0.25, -0.2) is 4.39 Å². The highest BCUT2D eigenvalue weighted by molar-refractivity contribution is 5.32. The molecule has 2 atom stereocenters.